The largest absolute Gasteiger partial charge is 0.477 e. The standard InChI is InChI=1S/C10H11BrN2O2/c1-2-3-7-10(14)13-9-8(15-7)4-6(11)5-12-9/h4-5,7H,2-3H2,1H3,(H,12,13,14). The fourth-order valence-corrected chi connectivity index (χ4v) is 1.77. The molecule has 1 amide bonds. The number of hydrogen-bond donors (Lipinski definition) is 1. The molecule has 0 saturated heterocycles. The molecule has 1 N–H and O–H groups in total. The summed E-state index contributed by atoms with van der Waals surface area (Å²) < 4.78 is 6.40. The minimum Gasteiger partial charge on any atom is -0.477 e. The maximum Gasteiger partial charge on any atom is 0.266 e. The van der Waals surface area contributed by atoms with E-state index in [9.17, 15) is 4.79 Å². The van der Waals surface area contributed by atoms with E-state index in [2.05, 4.69) is 26.2 Å². The van der Waals surface area contributed by atoms with E-state index in [1.54, 1.807) is 6.20 Å². The first-order valence-corrected chi connectivity index (χ1v) is 5.63. The Morgan fingerprint density at radius 1 is 1.67 bits per heavy atom. The second-order valence-electron chi connectivity index (χ2n) is 3.38. The van der Waals surface area contributed by atoms with Crippen LogP contribution < -0.4 is 10.1 Å². The molecule has 1 unspecified atom stereocenters. The van der Waals surface area contributed by atoms with Crippen LogP contribution in [0.15, 0.2) is 16.7 Å². The zero-order valence-electron chi connectivity index (χ0n) is 8.29. The van der Waals surface area contributed by atoms with Gasteiger partial charge >= 0.3 is 0 Å². The fourth-order valence-electron chi connectivity index (χ4n) is 1.46. The van der Waals surface area contributed by atoms with Crippen LogP contribution in [-0.2, 0) is 4.79 Å². The average molecular weight is 271 g/mol. The van der Waals surface area contributed by atoms with Crippen molar-refractivity contribution < 1.29 is 9.53 Å². The molecule has 0 bridgehead atoms. The van der Waals surface area contributed by atoms with Crippen LogP contribution in [0, 0.1) is 0 Å². The average Bonchev–Trinajstić information content (AvgIpc) is 2.20. The second kappa shape index (κ2) is 4.18. The summed E-state index contributed by atoms with van der Waals surface area (Å²) in [7, 11) is 0. The molecule has 0 saturated carbocycles. The van der Waals surface area contributed by atoms with Crippen LogP contribution in [0.25, 0.3) is 0 Å². The molecule has 1 aliphatic rings. The Morgan fingerprint density at radius 3 is 3.20 bits per heavy atom. The van der Waals surface area contributed by atoms with E-state index in [1.165, 1.54) is 0 Å². The predicted molar refractivity (Wildman–Crippen MR) is 59.9 cm³/mol. The lowest BCUT2D eigenvalue weighted by Gasteiger charge is -2.24. The van der Waals surface area contributed by atoms with Crippen LogP contribution >= 0.6 is 15.9 Å². The van der Waals surface area contributed by atoms with E-state index in [1.807, 2.05) is 13.0 Å². The highest BCUT2D eigenvalue weighted by atomic mass is 79.9. The first-order valence-electron chi connectivity index (χ1n) is 4.83. The molecule has 5 heteroatoms. The molecular weight excluding hydrogens is 260 g/mol. The van der Waals surface area contributed by atoms with Gasteiger partial charge in [-0.15, -0.1) is 0 Å². The van der Waals surface area contributed by atoms with E-state index >= 15 is 0 Å². The van der Waals surface area contributed by atoms with Crippen molar-refractivity contribution in [3.05, 3.63) is 16.7 Å². The summed E-state index contributed by atoms with van der Waals surface area (Å²) in [6.45, 7) is 2.02. The molecule has 80 valence electrons. The van der Waals surface area contributed by atoms with E-state index in [0.29, 0.717) is 11.6 Å². The number of hydrogen-bond acceptors (Lipinski definition) is 3. The molecule has 0 radical (unpaired) electrons. The van der Waals surface area contributed by atoms with Crippen molar-refractivity contribution in [3.63, 3.8) is 0 Å². The van der Waals surface area contributed by atoms with Gasteiger partial charge in [-0.2, -0.15) is 0 Å². The summed E-state index contributed by atoms with van der Waals surface area (Å²) in [6, 6.07) is 1.81. The molecule has 15 heavy (non-hydrogen) atoms. The number of carbonyl (C=O) groups excluding carboxylic acids is 1. The third-order valence-corrected chi connectivity index (χ3v) is 2.61. The number of carbonyl (C=O) groups is 1. The van der Waals surface area contributed by atoms with Crippen molar-refractivity contribution in [2.45, 2.75) is 25.9 Å². The number of fused-ring (bicyclic) bond motifs is 1. The molecule has 1 aromatic rings. The summed E-state index contributed by atoms with van der Waals surface area (Å²) in [5.74, 6) is 1.01. The van der Waals surface area contributed by atoms with Crippen LogP contribution in [0.3, 0.4) is 0 Å². The Kier molecular flexibility index (Phi) is 2.90. The van der Waals surface area contributed by atoms with Crippen molar-refractivity contribution in [2.24, 2.45) is 0 Å². The molecule has 0 aromatic carbocycles. The van der Waals surface area contributed by atoms with Crippen LogP contribution in [0.1, 0.15) is 19.8 Å². The van der Waals surface area contributed by atoms with Crippen molar-refractivity contribution in [1.29, 1.82) is 0 Å². The minimum atomic E-state index is -0.390. The highest BCUT2D eigenvalue weighted by molar-refractivity contribution is 9.10. The van der Waals surface area contributed by atoms with Gasteiger partial charge in [-0.25, -0.2) is 4.98 Å². The Labute approximate surface area is 96.2 Å². The maximum absolute atomic E-state index is 11.5. The number of pyridine rings is 1. The van der Waals surface area contributed by atoms with Gasteiger partial charge in [0.25, 0.3) is 5.91 Å². The zero-order valence-corrected chi connectivity index (χ0v) is 9.87. The predicted octanol–water partition coefficient (Wildman–Crippen LogP) is 2.34. The lowest BCUT2D eigenvalue weighted by Crippen LogP contribution is -2.37. The van der Waals surface area contributed by atoms with Gasteiger partial charge in [0, 0.05) is 10.7 Å². The number of halogens is 1. The number of rotatable bonds is 2. The van der Waals surface area contributed by atoms with Gasteiger partial charge in [0.15, 0.2) is 17.7 Å². The van der Waals surface area contributed by atoms with Crippen LogP contribution in [0.4, 0.5) is 5.82 Å². The zero-order chi connectivity index (χ0) is 10.8. The molecule has 4 nitrogen and oxygen atoms in total. The molecular formula is C10H11BrN2O2. The van der Waals surface area contributed by atoms with Crippen molar-refractivity contribution >= 4 is 27.7 Å². The van der Waals surface area contributed by atoms with E-state index in [-0.39, 0.29) is 5.91 Å². The molecule has 0 fully saturated rings. The second-order valence-corrected chi connectivity index (χ2v) is 4.30. The summed E-state index contributed by atoms with van der Waals surface area (Å²) >= 11 is 3.31. The van der Waals surface area contributed by atoms with Gasteiger partial charge in [0.2, 0.25) is 0 Å². The number of nitrogens with one attached hydrogen (secondary N) is 1. The fraction of sp³-hybridized carbons (Fsp3) is 0.400. The molecule has 2 heterocycles. The van der Waals surface area contributed by atoms with Crippen LogP contribution in [-0.4, -0.2) is 17.0 Å². The molecule has 1 aromatic heterocycles. The highest BCUT2D eigenvalue weighted by Gasteiger charge is 2.27. The molecule has 0 spiro atoms. The Balaban J connectivity index is 2.26. The minimum absolute atomic E-state index is 0.112. The molecule has 2 rings (SSSR count). The van der Waals surface area contributed by atoms with Crippen LogP contribution in [0.5, 0.6) is 5.75 Å². The number of amides is 1. The lowest BCUT2D eigenvalue weighted by atomic mass is 10.1. The monoisotopic (exact) mass is 270 g/mol. The van der Waals surface area contributed by atoms with E-state index < -0.39 is 6.10 Å². The summed E-state index contributed by atoms with van der Waals surface area (Å²) in [5.41, 5.74) is 0. The van der Waals surface area contributed by atoms with Gasteiger partial charge in [0.05, 0.1) is 0 Å². The molecule has 1 atom stereocenters. The van der Waals surface area contributed by atoms with Gasteiger partial charge in [-0.1, -0.05) is 13.3 Å². The Hall–Kier alpha value is -1.10. The topological polar surface area (TPSA) is 51.2 Å². The summed E-state index contributed by atoms with van der Waals surface area (Å²) in [4.78, 5) is 15.6. The quantitative estimate of drug-likeness (QED) is 0.898. The maximum atomic E-state index is 11.5. The van der Waals surface area contributed by atoms with Gasteiger partial charge in [0.1, 0.15) is 0 Å². The summed E-state index contributed by atoms with van der Waals surface area (Å²) in [6.07, 6.45) is 2.87. The first kappa shape index (κ1) is 10.4. The van der Waals surface area contributed by atoms with Crippen molar-refractivity contribution in [1.82, 2.24) is 4.98 Å². The van der Waals surface area contributed by atoms with Gasteiger partial charge in [-0.3, -0.25) is 4.79 Å². The van der Waals surface area contributed by atoms with E-state index in [4.69, 9.17) is 4.74 Å². The SMILES string of the molecule is CCCC1Oc2cc(Br)cnc2NC1=O. The Morgan fingerprint density at radius 2 is 2.47 bits per heavy atom. The highest BCUT2D eigenvalue weighted by Crippen LogP contribution is 2.30. The van der Waals surface area contributed by atoms with Gasteiger partial charge < -0.3 is 10.1 Å². The summed E-state index contributed by atoms with van der Waals surface area (Å²) in [5, 5.41) is 2.73. The smallest absolute Gasteiger partial charge is 0.266 e. The van der Waals surface area contributed by atoms with Gasteiger partial charge in [-0.05, 0) is 28.4 Å². The van der Waals surface area contributed by atoms with E-state index in [0.717, 1.165) is 17.3 Å². The van der Waals surface area contributed by atoms with Crippen molar-refractivity contribution in [3.8, 4) is 5.75 Å². The Bertz CT molecular complexity index is 395. The normalized spacial score (nSPS) is 19.1. The number of aromatic nitrogens is 1. The number of anilines is 1. The number of nitrogens with zero attached hydrogens (tertiary/aromatic N) is 1. The van der Waals surface area contributed by atoms with Crippen LogP contribution in [0.2, 0.25) is 0 Å². The van der Waals surface area contributed by atoms with Crippen molar-refractivity contribution in [2.75, 3.05) is 5.32 Å². The third kappa shape index (κ3) is 2.12. The third-order valence-electron chi connectivity index (χ3n) is 2.17. The molecule has 1 aliphatic heterocycles. The molecule has 0 aliphatic carbocycles. The first-order chi connectivity index (χ1) is 7.20. The number of ether oxygens (including phenoxy) is 1. The lowest BCUT2D eigenvalue weighted by molar-refractivity contribution is -0.123.